The van der Waals surface area contributed by atoms with Crippen molar-refractivity contribution in [2.75, 3.05) is 7.05 Å². The molecule has 0 spiro atoms. The fourth-order valence-corrected chi connectivity index (χ4v) is 2.33. The molecule has 2 heterocycles. The van der Waals surface area contributed by atoms with Gasteiger partial charge in [0.2, 0.25) is 5.91 Å². The van der Waals surface area contributed by atoms with Crippen molar-refractivity contribution in [1.82, 2.24) is 4.90 Å². The SMILES string of the molecule is CN1C2CC=C(C(N)=O)C1CC2.Cl. The molecule has 2 N–H and O–H groups in total. The number of halogens is 1. The second-order valence-electron chi connectivity index (χ2n) is 3.67. The predicted molar refractivity (Wildman–Crippen MR) is 53.7 cm³/mol. The number of carbonyl (C=O) groups is 1. The van der Waals surface area contributed by atoms with Gasteiger partial charge < -0.3 is 5.73 Å². The highest BCUT2D eigenvalue weighted by Gasteiger charge is 2.37. The minimum atomic E-state index is -0.243. The summed E-state index contributed by atoms with van der Waals surface area (Å²) in [5.74, 6) is -0.243. The smallest absolute Gasteiger partial charge is 0.245 e. The van der Waals surface area contributed by atoms with Gasteiger partial charge in [0.25, 0.3) is 0 Å². The van der Waals surface area contributed by atoms with Crippen LogP contribution in [-0.2, 0) is 4.79 Å². The summed E-state index contributed by atoms with van der Waals surface area (Å²) in [5.41, 5.74) is 6.11. The van der Waals surface area contributed by atoms with Gasteiger partial charge in [-0.3, -0.25) is 9.69 Å². The minimum absolute atomic E-state index is 0. The van der Waals surface area contributed by atoms with Gasteiger partial charge in [-0.2, -0.15) is 0 Å². The van der Waals surface area contributed by atoms with Crippen LogP contribution in [0.4, 0.5) is 0 Å². The normalized spacial score (nSPS) is 32.2. The fourth-order valence-electron chi connectivity index (χ4n) is 2.33. The number of nitrogens with zero attached hydrogens (tertiary/aromatic N) is 1. The van der Waals surface area contributed by atoms with Crippen molar-refractivity contribution in [3.05, 3.63) is 11.6 Å². The van der Waals surface area contributed by atoms with Crippen molar-refractivity contribution in [2.45, 2.75) is 31.3 Å². The Labute approximate surface area is 84.4 Å². The second kappa shape index (κ2) is 3.68. The zero-order chi connectivity index (χ0) is 8.72. The molecule has 3 nitrogen and oxygen atoms in total. The zero-order valence-corrected chi connectivity index (χ0v) is 8.51. The van der Waals surface area contributed by atoms with E-state index in [1.54, 1.807) is 0 Å². The molecule has 0 aromatic heterocycles. The maximum Gasteiger partial charge on any atom is 0.245 e. The van der Waals surface area contributed by atoms with Crippen LogP contribution < -0.4 is 5.73 Å². The molecule has 0 aromatic carbocycles. The Kier molecular flexibility index (Phi) is 2.98. The van der Waals surface area contributed by atoms with Crippen LogP contribution in [0, 0.1) is 0 Å². The van der Waals surface area contributed by atoms with E-state index in [4.69, 9.17) is 5.73 Å². The van der Waals surface area contributed by atoms with E-state index in [-0.39, 0.29) is 18.3 Å². The lowest BCUT2D eigenvalue weighted by Gasteiger charge is -2.30. The number of hydrogen-bond acceptors (Lipinski definition) is 2. The lowest BCUT2D eigenvalue weighted by Crippen LogP contribution is -2.40. The summed E-state index contributed by atoms with van der Waals surface area (Å²) in [4.78, 5) is 13.3. The van der Waals surface area contributed by atoms with Gasteiger partial charge in [0.05, 0.1) is 0 Å². The third-order valence-corrected chi connectivity index (χ3v) is 3.09. The number of amides is 1. The highest BCUT2D eigenvalue weighted by molar-refractivity contribution is 5.93. The minimum Gasteiger partial charge on any atom is -0.366 e. The van der Waals surface area contributed by atoms with E-state index in [2.05, 4.69) is 11.9 Å². The summed E-state index contributed by atoms with van der Waals surface area (Å²) >= 11 is 0. The van der Waals surface area contributed by atoms with Gasteiger partial charge in [-0.25, -0.2) is 0 Å². The molecule has 0 aromatic rings. The Balaban J connectivity index is 0.000000845. The standard InChI is InChI=1S/C9H14N2O.ClH/c1-11-6-2-4-7(9(10)12)8(11)5-3-6;/h4,6,8H,2-3,5H2,1H3,(H2,10,12);1H. The van der Waals surface area contributed by atoms with Gasteiger partial charge in [0.15, 0.2) is 0 Å². The molecular weight excluding hydrogens is 188 g/mol. The summed E-state index contributed by atoms with van der Waals surface area (Å²) in [6.45, 7) is 0. The van der Waals surface area contributed by atoms with Gasteiger partial charge in [-0.1, -0.05) is 6.08 Å². The Bertz CT molecular complexity index is 252. The van der Waals surface area contributed by atoms with Crippen LogP contribution in [0.2, 0.25) is 0 Å². The van der Waals surface area contributed by atoms with Crippen LogP contribution in [0.5, 0.6) is 0 Å². The molecule has 13 heavy (non-hydrogen) atoms. The number of nitrogens with two attached hydrogens (primary N) is 1. The molecule has 2 bridgehead atoms. The van der Waals surface area contributed by atoms with Crippen molar-refractivity contribution in [3.63, 3.8) is 0 Å². The Hall–Kier alpha value is -0.540. The first-order chi connectivity index (χ1) is 5.70. The molecule has 0 aliphatic carbocycles. The van der Waals surface area contributed by atoms with Crippen LogP contribution >= 0.6 is 12.4 Å². The molecule has 2 unspecified atom stereocenters. The molecule has 74 valence electrons. The molecule has 2 aliphatic rings. The lowest BCUT2D eigenvalue weighted by molar-refractivity contribution is -0.115. The van der Waals surface area contributed by atoms with Crippen LogP contribution in [0.1, 0.15) is 19.3 Å². The monoisotopic (exact) mass is 202 g/mol. The molecule has 0 saturated carbocycles. The van der Waals surface area contributed by atoms with E-state index in [0.29, 0.717) is 12.1 Å². The van der Waals surface area contributed by atoms with E-state index in [1.165, 1.54) is 6.42 Å². The number of hydrogen-bond donors (Lipinski definition) is 1. The molecule has 0 radical (unpaired) electrons. The number of fused-ring (bicyclic) bond motifs is 2. The molecule has 4 heteroatoms. The molecule has 2 aliphatic heterocycles. The van der Waals surface area contributed by atoms with Gasteiger partial charge in [-0.15, -0.1) is 12.4 Å². The van der Waals surface area contributed by atoms with Crippen molar-refractivity contribution < 1.29 is 4.79 Å². The Morgan fingerprint density at radius 1 is 1.62 bits per heavy atom. The van der Waals surface area contributed by atoms with E-state index >= 15 is 0 Å². The first kappa shape index (κ1) is 10.5. The van der Waals surface area contributed by atoms with Crippen LogP contribution in [0.25, 0.3) is 0 Å². The van der Waals surface area contributed by atoms with Gasteiger partial charge in [0.1, 0.15) is 0 Å². The third-order valence-electron chi connectivity index (χ3n) is 3.09. The summed E-state index contributed by atoms with van der Waals surface area (Å²) in [6.07, 6.45) is 5.31. The van der Waals surface area contributed by atoms with Crippen molar-refractivity contribution in [3.8, 4) is 0 Å². The Morgan fingerprint density at radius 3 is 2.92 bits per heavy atom. The van der Waals surface area contributed by atoms with E-state index < -0.39 is 0 Å². The molecule has 2 rings (SSSR count). The predicted octanol–water partition coefficient (Wildman–Crippen LogP) is 0.686. The summed E-state index contributed by atoms with van der Waals surface area (Å²) in [7, 11) is 2.08. The third kappa shape index (κ3) is 1.58. The summed E-state index contributed by atoms with van der Waals surface area (Å²) < 4.78 is 0. The maximum atomic E-state index is 11.0. The molecule has 1 fully saturated rings. The quantitative estimate of drug-likeness (QED) is 0.680. The number of primary amides is 1. The summed E-state index contributed by atoms with van der Waals surface area (Å²) in [5, 5.41) is 0. The number of carbonyl (C=O) groups excluding carboxylic acids is 1. The number of rotatable bonds is 1. The molecule has 1 saturated heterocycles. The van der Waals surface area contributed by atoms with Crippen molar-refractivity contribution in [1.29, 1.82) is 0 Å². The van der Waals surface area contributed by atoms with Gasteiger partial charge >= 0.3 is 0 Å². The average Bonchev–Trinajstić information content (AvgIpc) is 2.32. The topological polar surface area (TPSA) is 46.3 Å². The first-order valence-electron chi connectivity index (χ1n) is 4.42. The highest BCUT2D eigenvalue weighted by atomic mass is 35.5. The first-order valence-corrected chi connectivity index (χ1v) is 4.42. The van der Waals surface area contributed by atoms with Crippen LogP contribution in [0.3, 0.4) is 0 Å². The van der Waals surface area contributed by atoms with E-state index in [1.807, 2.05) is 6.08 Å². The van der Waals surface area contributed by atoms with Crippen LogP contribution in [-0.4, -0.2) is 29.9 Å². The van der Waals surface area contributed by atoms with Crippen molar-refractivity contribution in [2.24, 2.45) is 5.73 Å². The molecule has 1 amide bonds. The second-order valence-corrected chi connectivity index (χ2v) is 3.67. The zero-order valence-electron chi connectivity index (χ0n) is 7.69. The molecular formula is C9H15ClN2O. The van der Waals surface area contributed by atoms with E-state index in [0.717, 1.165) is 18.4 Å². The number of likely N-dealkylation sites (N-methyl/N-ethyl adjacent to an activating group) is 1. The van der Waals surface area contributed by atoms with Crippen LogP contribution in [0.15, 0.2) is 11.6 Å². The van der Waals surface area contributed by atoms with Gasteiger partial charge in [0, 0.05) is 17.7 Å². The van der Waals surface area contributed by atoms with E-state index in [9.17, 15) is 4.79 Å². The summed E-state index contributed by atoms with van der Waals surface area (Å²) in [6, 6.07) is 0.958. The fraction of sp³-hybridized carbons (Fsp3) is 0.667. The lowest BCUT2D eigenvalue weighted by atomic mass is 10.0. The average molecular weight is 203 g/mol. The van der Waals surface area contributed by atoms with Gasteiger partial charge in [-0.05, 0) is 26.3 Å². The largest absolute Gasteiger partial charge is 0.366 e. The highest BCUT2D eigenvalue weighted by Crippen LogP contribution is 2.33. The molecule has 2 atom stereocenters. The van der Waals surface area contributed by atoms with Crippen molar-refractivity contribution >= 4 is 18.3 Å². The Morgan fingerprint density at radius 2 is 2.31 bits per heavy atom. The maximum absolute atomic E-state index is 11.0.